The van der Waals surface area contributed by atoms with Crippen LogP contribution in [0.4, 0.5) is 32.0 Å². The van der Waals surface area contributed by atoms with Crippen molar-refractivity contribution in [3.05, 3.63) is 53.4 Å². The molecule has 34 heavy (non-hydrogen) atoms. The first kappa shape index (κ1) is 24.3. The second-order valence-corrected chi connectivity index (χ2v) is 8.78. The fourth-order valence-corrected chi connectivity index (χ4v) is 4.91. The van der Waals surface area contributed by atoms with Gasteiger partial charge in [0.2, 0.25) is 0 Å². The SMILES string of the molecule is NC1=NC2(c3cc(NC(=O)c4cnc(C(F)F)cn4)ccc3F)COC(C(F)(F)F)CC2CS1. The molecule has 0 radical (unpaired) electrons. The number of hydrogen-bond donors (Lipinski definition) is 2. The third kappa shape index (κ3) is 4.69. The molecule has 0 aliphatic carbocycles. The molecule has 0 spiro atoms. The van der Waals surface area contributed by atoms with E-state index in [1.165, 1.54) is 12.1 Å². The quantitative estimate of drug-likeness (QED) is 0.609. The van der Waals surface area contributed by atoms with Crippen LogP contribution >= 0.6 is 11.8 Å². The number of nitrogens with one attached hydrogen (secondary N) is 1. The Morgan fingerprint density at radius 1 is 1.26 bits per heavy atom. The number of thioether (sulfide) groups is 1. The van der Waals surface area contributed by atoms with Crippen LogP contribution in [0.2, 0.25) is 0 Å². The van der Waals surface area contributed by atoms with Gasteiger partial charge in [0.05, 0.1) is 19.0 Å². The number of rotatable bonds is 4. The molecule has 2 aliphatic rings. The summed E-state index contributed by atoms with van der Waals surface area (Å²) in [5, 5.41) is 2.53. The van der Waals surface area contributed by atoms with Crippen molar-refractivity contribution >= 4 is 28.5 Å². The summed E-state index contributed by atoms with van der Waals surface area (Å²) in [6.45, 7) is -0.558. The molecular formula is C20H17F6N5O2S. The van der Waals surface area contributed by atoms with E-state index in [1.807, 2.05) is 0 Å². The minimum Gasteiger partial charge on any atom is -0.379 e. The minimum absolute atomic E-state index is 0.0774. The number of anilines is 1. The van der Waals surface area contributed by atoms with Crippen LogP contribution < -0.4 is 11.1 Å². The number of carbonyl (C=O) groups excluding carboxylic acids is 1. The molecule has 14 heteroatoms. The summed E-state index contributed by atoms with van der Waals surface area (Å²) in [5.74, 6) is -2.13. The maximum absolute atomic E-state index is 15.0. The zero-order valence-corrected chi connectivity index (χ0v) is 18.0. The number of aliphatic imine (C=N–C) groups is 1. The van der Waals surface area contributed by atoms with Gasteiger partial charge in [-0.2, -0.15) is 13.2 Å². The number of halogens is 6. The molecule has 3 N–H and O–H groups in total. The first-order valence-electron chi connectivity index (χ1n) is 9.87. The number of alkyl halides is 5. The molecule has 1 amide bonds. The van der Waals surface area contributed by atoms with Crippen molar-refractivity contribution < 1.29 is 35.9 Å². The number of aromatic nitrogens is 2. The first-order chi connectivity index (χ1) is 16.0. The van der Waals surface area contributed by atoms with Gasteiger partial charge in [-0.15, -0.1) is 0 Å². The van der Waals surface area contributed by atoms with Gasteiger partial charge in [-0.25, -0.2) is 23.1 Å². The number of carbonyl (C=O) groups is 1. The Labute approximate surface area is 193 Å². The molecule has 1 aromatic heterocycles. The van der Waals surface area contributed by atoms with Crippen LogP contribution in [0.1, 0.15) is 34.6 Å². The van der Waals surface area contributed by atoms with E-state index in [0.29, 0.717) is 0 Å². The van der Waals surface area contributed by atoms with Gasteiger partial charge in [-0.3, -0.25) is 9.78 Å². The third-order valence-electron chi connectivity index (χ3n) is 5.60. The van der Waals surface area contributed by atoms with Crippen LogP contribution in [0, 0.1) is 11.7 Å². The molecule has 1 saturated heterocycles. The number of benzene rings is 1. The van der Waals surface area contributed by atoms with Crippen LogP contribution in [-0.2, 0) is 10.3 Å². The van der Waals surface area contributed by atoms with Gasteiger partial charge >= 0.3 is 6.18 Å². The highest BCUT2D eigenvalue weighted by molar-refractivity contribution is 8.13. The highest BCUT2D eigenvalue weighted by atomic mass is 32.2. The molecule has 2 aromatic rings. The molecule has 2 aliphatic heterocycles. The lowest BCUT2D eigenvalue weighted by atomic mass is 9.74. The average molecular weight is 505 g/mol. The molecular weight excluding hydrogens is 488 g/mol. The lowest BCUT2D eigenvalue weighted by Crippen LogP contribution is -2.53. The second kappa shape index (κ2) is 9.06. The van der Waals surface area contributed by atoms with E-state index in [0.717, 1.165) is 30.2 Å². The molecule has 3 unspecified atom stereocenters. The summed E-state index contributed by atoms with van der Waals surface area (Å²) in [6, 6.07) is 3.51. The van der Waals surface area contributed by atoms with Gasteiger partial charge in [0, 0.05) is 22.9 Å². The van der Waals surface area contributed by atoms with E-state index in [4.69, 9.17) is 10.5 Å². The Morgan fingerprint density at radius 3 is 2.68 bits per heavy atom. The lowest BCUT2D eigenvalue weighted by molar-refractivity contribution is -0.245. The maximum atomic E-state index is 15.0. The van der Waals surface area contributed by atoms with Crippen molar-refractivity contribution in [3.63, 3.8) is 0 Å². The highest BCUT2D eigenvalue weighted by Crippen LogP contribution is 2.49. The van der Waals surface area contributed by atoms with E-state index in [2.05, 4.69) is 20.3 Å². The van der Waals surface area contributed by atoms with E-state index >= 15 is 0 Å². The number of hydrogen-bond acceptors (Lipinski definition) is 7. The molecule has 0 saturated carbocycles. The Balaban J connectivity index is 1.64. The molecule has 3 heterocycles. The van der Waals surface area contributed by atoms with Gasteiger partial charge in [0.25, 0.3) is 12.3 Å². The fourth-order valence-electron chi connectivity index (χ4n) is 3.90. The first-order valence-corrected chi connectivity index (χ1v) is 10.9. The Hall–Kier alpha value is -2.87. The summed E-state index contributed by atoms with van der Waals surface area (Å²) >= 11 is 1.07. The summed E-state index contributed by atoms with van der Waals surface area (Å²) in [4.78, 5) is 23.9. The topological polar surface area (TPSA) is 102 Å². The average Bonchev–Trinajstić information content (AvgIpc) is 2.79. The lowest BCUT2D eigenvalue weighted by Gasteiger charge is -2.46. The summed E-state index contributed by atoms with van der Waals surface area (Å²) in [6.07, 6.45) is -8.26. The predicted octanol–water partition coefficient (Wildman–Crippen LogP) is 4.03. The van der Waals surface area contributed by atoms with E-state index in [1.54, 1.807) is 0 Å². The third-order valence-corrected chi connectivity index (χ3v) is 6.56. The van der Waals surface area contributed by atoms with Crippen molar-refractivity contribution in [2.45, 2.75) is 30.7 Å². The van der Waals surface area contributed by atoms with Crippen molar-refractivity contribution in [1.29, 1.82) is 0 Å². The van der Waals surface area contributed by atoms with Crippen LogP contribution in [-0.4, -0.2) is 45.7 Å². The number of ether oxygens (including phenoxy) is 1. The van der Waals surface area contributed by atoms with Crippen LogP contribution in [0.3, 0.4) is 0 Å². The van der Waals surface area contributed by atoms with Gasteiger partial charge in [-0.1, -0.05) is 11.8 Å². The van der Waals surface area contributed by atoms with Crippen LogP contribution in [0.5, 0.6) is 0 Å². The largest absolute Gasteiger partial charge is 0.414 e. The van der Waals surface area contributed by atoms with Gasteiger partial charge in [0.1, 0.15) is 22.7 Å². The van der Waals surface area contributed by atoms with Crippen molar-refractivity contribution in [2.75, 3.05) is 17.7 Å². The number of nitrogens with zero attached hydrogens (tertiary/aromatic N) is 3. The summed E-state index contributed by atoms with van der Waals surface area (Å²) < 4.78 is 85.0. The van der Waals surface area contributed by atoms with Crippen molar-refractivity contribution in [2.24, 2.45) is 16.6 Å². The molecule has 1 fully saturated rings. The highest BCUT2D eigenvalue weighted by Gasteiger charge is 2.55. The van der Waals surface area contributed by atoms with Crippen LogP contribution in [0.15, 0.2) is 35.6 Å². The predicted molar refractivity (Wildman–Crippen MR) is 111 cm³/mol. The summed E-state index contributed by atoms with van der Waals surface area (Å²) in [7, 11) is 0. The van der Waals surface area contributed by atoms with Crippen molar-refractivity contribution in [1.82, 2.24) is 9.97 Å². The Morgan fingerprint density at radius 2 is 2.03 bits per heavy atom. The molecule has 3 atom stereocenters. The van der Waals surface area contributed by atoms with Gasteiger partial charge in [0.15, 0.2) is 11.3 Å². The monoisotopic (exact) mass is 505 g/mol. The molecule has 0 bridgehead atoms. The number of amidine groups is 1. The molecule has 182 valence electrons. The Kier molecular flexibility index (Phi) is 6.46. The normalized spacial score (nSPS) is 25.0. The fraction of sp³-hybridized carbons (Fsp3) is 0.400. The maximum Gasteiger partial charge on any atom is 0.414 e. The zero-order valence-electron chi connectivity index (χ0n) is 17.2. The molecule has 4 rings (SSSR count). The van der Waals surface area contributed by atoms with Gasteiger partial charge in [-0.05, 0) is 24.6 Å². The standard InChI is InChI=1S/C20H17F6N5O2S/c21-12-2-1-10(30-17(32)14-6-28-13(5-29-14)16(22)23)4-11(12)19-8-33-15(20(24,25)26)3-9(19)7-34-18(27)31-19/h1-2,4-6,9,15-16H,3,7-8H2,(H2,27,31)(H,30,32). The molecule has 7 nitrogen and oxygen atoms in total. The van der Waals surface area contributed by atoms with Crippen LogP contribution in [0.25, 0.3) is 0 Å². The second-order valence-electron chi connectivity index (χ2n) is 7.74. The minimum atomic E-state index is -4.58. The summed E-state index contributed by atoms with van der Waals surface area (Å²) in [5.41, 5.74) is 3.45. The van der Waals surface area contributed by atoms with Crippen molar-refractivity contribution in [3.8, 4) is 0 Å². The van der Waals surface area contributed by atoms with Gasteiger partial charge < -0.3 is 15.8 Å². The number of fused-ring (bicyclic) bond motifs is 1. The smallest absolute Gasteiger partial charge is 0.379 e. The number of nitrogens with two attached hydrogens (primary N) is 1. The zero-order chi connectivity index (χ0) is 24.7. The van der Waals surface area contributed by atoms with E-state index < -0.39 is 60.6 Å². The molecule has 1 aromatic carbocycles. The number of amides is 1. The Bertz CT molecular complexity index is 1110. The van der Waals surface area contributed by atoms with E-state index in [9.17, 15) is 31.1 Å². The van der Waals surface area contributed by atoms with E-state index in [-0.39, 0.29) is 27.9 Å².